The molecule has 0 unspecified atom stereocenters. The lowest BCUT2D eigenvalue weighted by Gasteiger charge is -2.10. The van der Waals surface area contributed by atoms with E-state index in [1.54, 1.807) is 42.3 Å². The number of carbonyl (C=O) groups is 2. The molecule has 2 aromatic rings. The molecule has 0 atom stereocenters. The number of anilines is 1. The molecule has 106 valence electrons. The van der Waals surface area contributed by atoms with E-state index in [9.17, 15) is 9.59 Å². The van der Waals surface area contributed by atoms with Gasteiger partial charge in [0.15, 0.2) is 5.78 Å². The van der Waals surface area contributed by atoms with Gasteiger partial charge in [-0.2, -0.15) is 0 Å². The predicted molar refractivity (Wildman–Crippen MR) is 86.1 cm³/mol. The van der Waals surface area contributed by atoms with Crippen molar-refractivity contribution < 1.29 is 9.59 Å². The van der Waals surface area contributed by atoms with Gasteiger partial charge < -0.3 is 4.90 Å². The standard InChI is InChI=1S/C16H11BrClNO2/c1-19-14-3-2-9(4-10(14)7-15(19)20)16(21)11-5-12(17)8-13(18)6-11/h2-6,8H,7H2,1H3. The largest absolute Gasteiger partial charge is 0.315 e. The topological polar surface area (TPSA) is 37.4 Å². The lowest BCUT2D eigenvalue weighted by molar-refractivity contribution is -0.117. The molecule has 0 N–H and O–H groups in total. The molecule has 1 heterocycles. The van der Waals surface area contributed by atoms with E-state index in [1.807, 2.05) is 6.07 Å². The van der Waals surface area contributed by atoms with Crippen LogP contribution in [0.2, 0.25) is 5.02 Å². The van der Waals surface area contributed by atoms with Crippen LogP contribution in [0.1, 0.15) is 21.5 Å². The van der Waals surface area contributed by atoms with E-state index in [0.717, 1.165) is 15.7 Å². The minimum absolute atomic E-state index is 0.0418. The molecule has 3 rings (SSSR count). The summed E-state index contributed by atoms with van der Waals surface area (Å²) >= 11 is 9.31. The van der Waals surface area contributed by atoms with Crippen molar-refractivity contribution in [2.75, 3.05) is 11.9 Å². The Morgan fingerprint density at radius 1 is 1.19 bits per heavy atom. The molecular weight excluding hydrogens is 354 g/mol. The molecule has 1 amide bonds. The van der Waals surface area contributed by atoms with Crippen LogP contribution < -0.4 is 4.90 Å². The van der Waals surface area contributed by atoms with Gasteiger partial charge in [0.05, 0.1) is 6.42 Å². The highest BCUT2D eigenvalue weighted by Crippen LogP contribution is 2.29. The molecule has 0 radical (unpaired) electrons. The third-order valence-electron chi connectivity index (χ3n) is 3.54. The Morgan fingerprint density at radius 2 is 1.95 bits per heavy atom. The number of carbonyl (C=O) groups excluding carboxylic acids is 2. The first-order valence-electron chi connectivity index (χ1n) is 6.36. The number of ketones is 1. The third kappa shape index (κ3) is 2.61. The van der Waals surface area contributed by atoms with Gasteiger partial charge in [-0.05, 0) is 42.0 Å². The third-order valence-corrected chi connectivity index (χ3v) is 4.22. The Bertz CT molecular complexity index is 753. The number of likely N-dealkylation sites (N-methyl/N-ethyl adjacent to an activating group) is 1. The Balaban J connectivity index is 2.00. The minimum Gasteiger partial charge on any atom is -0.315 e. The molecule has 0 saturated carbocycles. The van der Waals surface area contributed by atoms with E-state index in [0.29, 0.717) is 22.6 Å². The molecule has 0 spiro atoms. The van der Waals surface area contributed by atoms with E-state index in [4.69, 9.17) is 11.6 Å². The maximum Gasteiger partial charge on any atom is 0.231 e. The fourth-order valence-electron chi connectivity index (χ4n) is 2.46. The molecule has 5 heteroatoms. The number of benzene rings is 2. The highest BCUT2D eigenvalue weighted by molar-refractivity contribution is 9.10. The van der Waals surface area contributed by atoms with E-state index in [-0.39, 0.29) is 11.7 Å². The monoisotopic (exact) mass is 363 g/mol. The molecule has 0 bridgehead atoms. The minimum atomic E-state index is -0.108. The summed E-state index contributed by atoms with van der Waals surface area (Å²) in [4.78, 5) is 25.8. The number of fused-ring (bicyclic) bond motifs is 1. The first kappa shape index (κ1) is 14.3. The van der Waals surface area contributed by atoms with Gasteiger partial charge in [0.25, 0.3) is 0 Å². The second-order valence-corrected chi connectivity index (χ2v) is 6.31. The molecular formula is C16H11BrClNO2. The summed E-state index contributed by atoms with van der Waals surface area (Å²) in [5.41, 5.74) is 2.83. The number of amides is 1. The Labute approximate surface area is 135 Å². The lowest BCUT2D eigenvalue weighted by Crippen LogP contribution is -2.20. The van der Waals surface area contributed by atoms with Crippen LogP contribution in [0.5, 0.6) is 0 Å². The maximum atomic E-state index is 12.5. The quantitative estimate of drug-likeness (QED) is 0.759. The van der Waals surface area contributed by atoms with Gasteiger partial charge in [0.1, 0.15) is 0 Å². The van der Waals surface area contributed by atoms with Crippen LogP contribution in [0.4, 0.5) is 5.69 Å². The van der Waals surface area contributed by atoms with Crippen LogP contribution >= 0.6 is 27.5 Å². The van der Waals surface area contributed by atoms with E-state index < -0.39 is 0 Å². The number of hydrogen-bond acceptors (Lipinski definition) is 2. The Kier molecular flexibility index (Phi) is 3.59. The van der Waals surface area contributed by atoms with Crippen molar-refractivity contribution >= 4 is 44.9 Å². The summed E-state index contributed by atoms with van der Waals surface area (Å²) in [6, 6.07) is 10.4. The normalized spacial score (nSPS) is 13.5. The van der Waals surface area contributed by atoms with E-state index >= 15 is 0 Å². The molecule has 0 fully saturated rings. The summed E-state index contributed by atoms with van der Waals surface area (Å²) in [6.45, 7) is 0. The van der Waals surface area contributed by atoms with Crippen LogP contribution in [0.25, 0.3) is 0 Å². The highest BCUT2D eigenvalue weighted by atomic mass is 79.9. The van der Waals surface area contributed by atoms with Crippen molar-refractivity contribution in [1.82, 2.24) is 0 Å². The van der Waals surface area contributed by atoms with Crippen molar-refractivity contribution in [3.63, 3.8) is 0 Å². The molecule has 0 aromatic heterocycles. The first-order chi connectivity index (χ1) is 9.95. The number of rotatable bonds is 2. The lowest BCUT2D eigenvalue weighted by atomic mass is 10.0. The fraction of sp³-hybridized carbons (Fsp3) is 0.125. The zero-order valence-electron chi connectivity index (χ0n) is 11.2. The summed E-state index contributed by atoms with van der Waals surface area (Å²) in [6.07, 6.45) is 0.339. The van der Waals surface area contributed by atoms with Gasteiger partial charge in [-0.3, -0.25) is 9.59 Å². The molecule has 0 saturated heterocycles. The van der Waals surface area contributed by atoms with Crippen LogP contribution in [0, 0.1) is 0 Å². The zero-order chi connectivity index (χ0) is 15.1. The van der Waals surface area contributed by atoms with E-state index in [2.05, 4.69) is 15.9 Å². The summed E-state index contributed by atoms with van der Waals surface area (Å²) in [7, 11) is 1.74. The molecule has 1 aliphatic rings. The second kappa shape index (κ2) is 5.28. The van der Waals surface area contributed by atoms with Gasteiger partial charge in [-0.1, -0.05) is 27.5 Å². The summed E-state index contributed by atoms with van der Waals surface area (Å²) in [5, 5.41) is 0.504. The van der Waals surface area contributed by atoms with Gasteiger partial charge in [-0.25, -0.2) is 0 Å². The van der Waals surface area contributed by atoms with Crippen molar-refractivity contribution in [2.45, 2.75) is 6.42 Å². The van der Waals surface area contributed by atoms with Crippen LogP contribution in [0.15, 0.2) is 40.9 Å². The average Bonchev–Trinajstić information content (AvgIpc) is 2.71. The smallest absolute Gasteiger partial charge is 0.231 e. The Hall–Kier alpha value is -1.65. The van der Waals surface area contributed by atoms with Gasteiger partial charge in [0, 0.05) is 33.4 Å². The SMILES string of the molecule is CN1C(=O)Cc2cc(C(=O)c3cc(Cl)cc(Br)c3)ccc21. The molecule has 3 nitrogen and oxygen atoms in total. The summed E-state index contributed by atoms with van der Waals surface area (Å²) in [5.74, 6) is -0.0666. The first-order valence-corrected chi connectivity index (χ1v) is 7.53. The number of halogens is 2. The van der Waals surface area contributed by atoms with Crippen LogP contribution in [0.3, 0.4) is 0 Å². The Morgan fingerprint density at radius 3 is 2.67 bits per heavy atom. The van der Waals surface area contributed by atoms with Gasteiger partial charge in [0.2, 0.25) is 5.91 Å². The predicted octanol–water partition coefficient (Wildman–Crippen LogP) is 3.85. The molecule has 1 aliphatic heterocycles. The number of nitrogens with zero attached hydrogens (tertiary/aromatic N) is 1. The number of hydrogen-bond donors (Lipinski definition) is 0. The zero-order valence-corrected chi connectivity index (χ0v) is 13.5. The van der Waals surface area contributed by atoms with Crippen molar-refractivity contribution in [3.05, 3.63) is 62.6 Å². The maximum absolute atomic E-state index is 12.5. The average molecular weight is 365 g/mol. The van der Waals surface area contributed by atoms with Gasteiger partial charge >= 0.3 is 0 Å². The molecule has 0 aliphatic carbocycles. The molecule has 21 heavy (non-hydrogen) atoms. The summed E-state index contributed by atoms with van der Waals surface area (Å²) < 4.78 is 0.759. The van der Waals surface area contributed by atoms with Gasteiger partial charge in [-0.15, -0.1) is 0 Å². The second-order valence-electron chi connectivity index (χ2n) is 4.96. The van der Waals surface area contributed by atoms with Crippen molar-refractivity contribution in [1.29, 1.82) is 0 Å². The van der Waals surface area contributed by atoms with Crippen molar-refractivity contribution in [3.8, 4) is 0 Å². The highest BCUT2D eigenvalue weighted by Gasteiger charge is 2.25. The van der Waals surface area contributed by atoms with Crippen LogP contribution in [-0.2, 0) is 11.2 Å². The fourth-order valence-corrected chi connectivity index (χ4v) is 3.32. The van der Waals surface area contributed by atoms with E-state index in [1.165, 1.54) is 0 Å². The van der Waals surface area contributed by atoms with Crippen molar-refractivity contribution in [2.24, 2.45) is 0 Å². The molecule has 2 aromatic carbocycles. The van der Waals surface area contributed by atoms with Crippen LogP contribution in [-0.4, -0.2) is 18.7 Å².